The third kappa shape index (κ3) is 5.13. The Hall–Kier alpha value is -2.81. The maximum Gasteiger partial charge on any atom is 0.318 e. The van der Waals surface area contributed by atoms with Gasteiger partial charge in [0, 0.05) is 18.4 Å². The van der Waals surface area contributed by atoms with Crippen molar-refractivity contribution in [2.45, 2.75) is 0 Å². The zero-order valence-corrected chi connectivity index (χ0v) is 14.3. The summed E-state index contributed by atoms with van der Waals surface area (Å²) in [7, 11) is 1.51. The highest BCUT2D eigenvalue weighted by Crippen LogP contribution is 2.14. The molecule has 0 fully saturated rings. The molecule has 0 saturated carbocycles. The van der Waals surface area contributed by atoms with E-state index in [0.29, 0.717) is 16.0 Å². The van der Waals surface area contributed by atoms with Crippen LogP contribution in [0.1, 0.15) is 10.6 Å². The lowest BCUT2D eigenvalue weighted by atomic mass is 10.3. The van der Waals surface area contributed by atoms with Crippen molar-refractivity contribution < 1.29 is 18.8 Å². The van der Waals surface area contributed by atoms with Gasteiger partial charge in [0.15, 0.2) is 10.4 Å². The van der Waals surface area contributed by atoms with Crippen molar-refractivity contribution in [2.24, 2.45) is 0 Å². The molecule has 0 aliphatic rings. The predicted molar refractivity (Wildman–Crippen MR) is 91.9 cm³/mol. The molecule has 0 unspecified atom stereocenters. The van der Waals surface area contributed by atoms with Crippen molar-refractivity contribution in [3.8, 4) is 0 Å². The highest BCUT2D eigenvalue weighted by molar-refractivity contribution is 9.10. The molecule has 0 radical (unpaired) electrons. The fraction of sp³-hybridized carbons (Fsp3) is 0.133. The van der Waals surface area contributed by atoms with E-state index in [0.717, 1.165) is 0 Å². The largest absolute Gasteiger partial charge is 0.444 e. The van der Waals surface area contributed by atoms with E-state index >= 15 is 0 Å². The number of carbonyl (C=O) groups is 3. The maximum atomic E-state index is 11.8. The number of hydrogen-bond acceptors (Lipinski definition) is 4. The summed E-state index contributed by atoms with van der Waals surface area (Å²) in [5.74, 6) is -0.763. The van der Waals surface area contributed by atoms with Gasteiger partial charge in [0.05, 0.1) is 6.54 Å². The van der Waals surface area contributed by atoms with E-state index in [1.54, 1.807) is 30.3 Å². The van der Waals surface area contributed by atoms with Crippen LogP contribution in [-0.2, 0) is 4.79 Å². The number of halogens is 1. The first kappa shape index (κ1) is 17.5. The van der Waals surface area contributed by atoms with Gasteiger partial charge in [-0.2, -0.15) is 0 Å². The number of amides is 4. The van der Waals surface area contributed by atoms with Gasteiger partial charge >= 0.3 is 6.03 Å². The molecule has 4 N–H and O–H groups in total. The van der Waals surface area contributed by atoms with E-state index < -0.39 is 5.91 Å². The van der Waals surface area contributed by atoms with Gasteiger partial charge in [0.2, 0.25) is 5.91 Å². The second kappa shape index (κ2) is 8.16. The Morgan fingerprint density at radius 1 is 1.00 bits per heavy atom. The van der Waals surface area contributed by atoms with Crippen LogP contribution in [0.5, 0.6) is 0 Å². The fourth-order valence-electron chi connectivity index (χ4n) is 1.72. The van der Waals surface area contributed by atoms with Gasteiger partial charge in [-0.25, -0.2) is 4.79 Å². The number of carbonyl (C=O) groups excluding carboxylic acids is 3. The Kier molecular flexibility index (Phi) is 5.96. The van der Waals surface area contributed by atoms with Crippen LogP contribution in [0.3, 0.4) is 0 Å². The topological polar surface area (TPSA) is 112 Å². The molecule has 2 rings (SSSR count). The first-order valence-electron chi connectivity index (χ1n) is 6.90. The predicted octanol–water partition coefficient (Wildman–Crippen LogP) is 2.16. The van der Waals surface area contributed by atoms with E-state index in [2.05, 4.69) is 37.2 Å². The molecule has 0 bridgehead atoms. The molecule has 0 spiro atoms. The summed E-state index contributed by atoms with van der Waals surface area (Å²) in [5, 5.41) is 10.1. The number of furan rings is 1. The lowest BCUT2D eigenvalue weighted by Gasteiger charge is -2.08. The first-order chi connectivity index (χ1) is 11.5. The van der Waals surface area contributed by atoms with Crippen LogP contribution >= 0.6 is 15.9 Å². The summed E-state index contributed by atoms with van der Waals surface area (Å²) in [4.78, 5) is 34.7. The van der Waals surface area contributed by atoms with Gasteiger partial charge in [-0.05, 0) is 52.3 Å². The Balaban J connectivity index is 1.81. The molecule has 126 valence electrons. The molecule has 0 saturated heterocycles. The van der Waals surface area contributed by atoms with Gasteiger partial charge in [0.1, 0.15) is 0 Å². The third-order valence-corrected chi connectivity index (χ3v) is 3.29. The first-order valence-corrected chi connectivity index (χ1v) is 7.69. The summed E-state index contributed by atoms with van der Waals surface area (Å²) in [5.41, 5.74) is 1.13. The quantitative estimate of drug-likeness (QED) is 0.622. The second-order valence-electron chi connectivity index (χ2n) is 4.62. The fourth-order valence-corrected chi connectivity index (χ4v) is 2.03. The van der Waals surface area contributed by atoms with E-state index in [1.165, 1.54) is 13.1 Å². The Morgan fingerprint density at radius 3 is 2.17 bits per heavy atom. The third-order valence-electron chi connectivity index (χ3n) is 2.86. The average Bonchev–Trinajstić information content (AvgIpc) is 3.01. The standard InChI is InChI=1S/C15H15BrN4O4/c1-17-15(23)20-10-4-2-9(3-5-10)19-13(21)8-18-14(22)11-6-7-12(16)24-11/h2-7H,8H2,1H3,(H,18,22)(H,19,21)(H2,17,20,23). The summed E-state index contributed by atoms with van der Waals surface area (Å²) in [6, 6.07) is 9.30. The molecule has 1 aromatic heterocycles. The van der Waals surface area contributed by atoms with Crippen LogP contribution in [0, 0.1) is 0 Å². The molecule has 1 aromatic carbocycles. The van der Waals surface area contributed by atoms with Crippen molar-refractivity contribution in [3.63, 3.8) is 0 Å². The highest BCUT2D eigenvalue weighted by Gasteiger charge is 2.12. The van der Waals surface area contributed by atoms with Crippen molar-refractivity contribution in [1.82, 2.24) is 10.6 Å². The lowest BCUT2D eigenvalue weighted by Crippen LogP contribution is -2.32. The Morgan fingerprint density at radius 2 is 1.62 bits per heavy atom. The van der Waals surface area contributed by atoms with E-state index in [4.69, 9.17) is 4.42 Å². The monoisotopic (exact) mass is 394 g/mol. The van der Waals surface area contributed by atoms with E-state index in [1.807, 2.05) is 0 Å². The maximum absolute atomic E-state index is 11.8. The molecule has 1 heterocycles. The van der Waals surface area contributed by atoms with Crippen LogP contribution < -0.4 is 21.3 Å². The molecule has 0 atom stereocenters. The van der Waals surface area contributed by atoms with Crippen molar-refractivity contribution >= 4 is 45.2 Å². The van der Waals surface area contributed by atoms with Crippen LogP contribution in [-0.4, -0.2) is 31.4 Å². The number of benzene rings is 1. The van der Waals surface area contributed by atoms with Crippen LogP contribution in [0.25, 0.3) is 0 Å². The molecule has 0 aliphatic carbocycles. The van der Waals surface area contributed by atoms with Crippen LogP contribution in [0.4, 0.5) is 16.2 Å². The average molecular weight is 395 g/mol. The zero-order valence-electron chi connectivity index (χ0n) is 12.7. The van der Waals surface area contributed by atoms with E-state index in [-0.39, 0.29) is 24.2 Å². The SMILES string of the molecule is CNC(=O)Nc1ccc(NC(=O)CNC(=O)c2ccc(Br)o2)cc1. The van der Waals surface area contributed by atoms with Gasteiger partial charge < -0.3 is 25.7 Å². The molecule has 2 aromatic rings. The molecule has 0 aliphatic heterocycles. The number of nitrogens with one attached hydrogen (secondary N) is 4. The van der Waals surface area contributed by atoms with Gasteiger partial charge in [-0.1, -0.05) is 0 Å². The number of urea groups is 1. The van der Waals surface area contributed by atoms with Crippen molar-refractivity contribution in [3.05, 3.63) is 46.8 Å². The minimum atomic E-state index is -0.485. The minimum Gasteiger partial charge on any atom is -0.444 e. The summed E-state index contributed by atoms with van der Waals surface area (Å²) < 4.78 is 5.52. The summed E-state index contributed by atoms with van der Waals surface area (Å²) in [6.45, 7) is -0.199. The smallest absolute Gasteiger partial charge is 0.318 e. The molecular weight excluding hydrogens is 380 g/mol. The van der Waals surface area contributed by atoms with E-state index in [9.17, 15) is 14.4 Å². The summed E-state index contributed by atoms with van der Waals surface area (Å²) >= 11 is 3.09. The van der Waals surface area contributed by atoms with Gasteiger partial charge in [-0.3, -0.25) is 9.59 Å². The number of anilines is 2. The molecule has 8 nitrogen and oxygen atoms in total. The highest BCUT2D eigenvalue weighted by atomic mass is 79.9. The molecule has 24 heavy (non-hydrogen) atoms. The molecular formula is C15H15BrN4O4. The summed E-state index contributed by atoms with van der Waals surface area (Å²) in [6.07, 6.45) is 0. The van der Waals surface area contributed by atoms with Crippen LogP contribution in [0.15, 0.2) is 45.5 Å². The Labute approximate surface area is 146 Å². The second-order valence-corrected chi connectivity index (χ2v) is 5.40. The van der Waals surface area contributed by atoms with Crippen LogP contribution in [0.2, 0.25) is 0 Å². The van der Waals surface area contributed by atoms with Crippen molar-refractivity contribution in [2.75, 3.05) is 24.2 Å². The molecule has 4 amide bonds. The minimum absolute atomic E-state index is 0.110. The Bertz CT molecular complexity index is 742. The number of rotatable bonds is 5. The zero-order chi connectivity index (χ0) is 17.5. The number of hydrogen-bond donors (Lipinski definition) is 4. The van der Waals surface area contributed by atoms with Gasteiger partial charge in [0.25, 0.3) is 5.91 Å². The van der Waals surface area contributed by atoms with Crippen molar-refractivity contribution in [1.29, 1.82) is 0 Å². The lowest BCUT2D eigenvalue weighted by molar-refractivity contribution is -0.115. The normalized spacial score (nSPS) is 9.92. The molecule has 9 heteroatoms. The van der Waals surface area contributed by atoms with Gasteiger partial charge in [-0.15, -0.1) is 0 Å².